The molecule has 6 heteroatoms. The number of pyridine rings is 1. The first-order chi connectivity index (χ1) is 9.47. The van der Waals surface area contributed by atoms with Gasteiger partial charge in [-0.2, -0.15) is 0 Å². The standard InChI is InChI=1S/C14H24N4O2/c1-10(2)9-18(5-6-20-4)14(19)12-7-11(3)16-13(8-12)17-15/h7-8,10H,5-6,9,15H2,1-4H3,(H,16,17). The van der Waals surface area contributed by atoms with Crippen LogP contribution in [-0.2, 0) is 4.74 Å². The number of ether oxygens (including phenoxy) is 1. The number of aromatic nitrogens is 1. The zero-order valence-corrected chi connectivity index (χ0v) is 12.6. The fourth-order valence-corrected chi connectivity index (χ4v) is 1.97. The molecule has 0 aliphatic rings. The van der Waals surface area contributed by atoms with Crippen LogP contribution in [0.3, 0.4) is 0 Å². The molecule has 0 spiro atoms. The maximum Gasteiger partial charge on any atom is 0.254 e. The van der Waals surface area contributed by atoms with Crippen LogP contribution in [0, 0.1) is 12.8 Å². The molecule has 0 atom stereocenters. The van der Waals surface area contributed by atoms with Gasteiger partial charge < -0.3 is 15.1 Å². The lowest BCUT2D eigenvalue weighted by Gasteiger charge is -2.24. The SMILES string of the molecule is COCCN(CC(C)C)C(=O)c1cc(C)nc(NN)c1. The summed E-state index contributed by atoms with van der Waals surface area (Å²) in [7, 11) is 1.63. The number of hydrazine groups is 1. The summed E-state index contributed by atoms with van der Waals surface area (Å²) >= 11 is 0. The van der Waals surface area contributed by atoms with Crippen molar-refractivity contribution < 1.29 is 9.53 Å². The summed E-state index contributed by atoms with van der Waals surface area (Å²) in [4.78, 5) is 18.6. The molecule has 0 aliphatic heterocycles. The summed E-state index contributed by atoms with van der Waals surface area (Å²) < 4.78 is 5.07. The molecule has 0 saturated carbocycles. The number of methoxy groups -OCH3 is 1. The van der Waals surface area contributed by atoms with Gasteiger partial charge in [-0.25, -0.2) is 10.8 Å². The van der Waals surface area contributed by atoms with Gasteiger partial charge in [0.25, 0.3) is 5.91 Å². The van der Waals surface area contributed by atoms with E-state index in [1.54, 1.807) is 24.1 Å². The van der Waals surface area contributed by atoms with Crippen LogP contribution in [0.2, 0.25) is 0 Å². The number of rotatable bonds is 7. The van der Waals surface area contributed by atoms with E-state index in [0.717, 1.165) is 5.69 Å². The summed E-state index contributed by atoms with van der Waals surface area (Å²) in [5.74, 6) is 6.22. The maximum absolute atomic E-state index is 12.6. The number of carbonyl (C=O) groups is 1. The molecule has 3 N–H and O–H groups in total. The average molecular weight is 280 g/mol. The monoisotopic (exact) mass is 280 g/mol. The number of nitrogens with zero attached hydrogens (tertiary/aromatic N) is 2. The van der Waals surface area contributed by atoms with Crippen molar-refractivity contribution in [2.45, 2.75) is 20.8 Å². The van der Waals surface area contributed by atoms with Crippen LogP contribution in [0.4, 0.5) is 5.82 Å². The largest absolute Gasteiger partial charge is 0.383 e. The van der Waals surface area contributed by atoms with Crippen molar-refractivity contribution in [2.75, 3.05) is 32.2 Å². The Bertz CT molecular complexity index is 449. The van der Waals surface area contributed by atoms with Gasteiger partial charge in [0.15, 0.2) is 0 Å². The van der Waals surface area contributed by atoms with Crippen LogP contribution in [0.25, 0.3) is 0 Å². The number of nitrogen functional groups attached to an aromatic ring is 1. The summed E-state index contributed by atoms with van der Waals surface area (Å²) in [6.07, 6.45) is 0. The minimum absolute atomic E-state index is 0.0299. The molecule has 20 heavy (non-hydrogen) atoms. The van der Waals surface area contributed by atoms with E-state index in [1.165, 1.54) is 0 Å². The van der Waals surface area contributed by atoms with Crippen molar-refractivity contribution in [1.29, 1.82) is 0 Å². The van der Waals surface area contributed by atoms with Crippen molar-refractivity contribution in [3.8, 4) is 0 Å². The van der Waals surface area contributed by atoms with Crippen LogP contribution >= 0.6 is 0 Å². The smallest absolute Gasteiger partial charge is 0.254 e. The molecule has 0 aromatic carbocycles. The molecule has 1 amide bonds. The molecule has 1 aromatic rings. The second kappa shape index (κ2) is 7.81. The van der Waals surface area contributed by atoms with Gasteiger partial charge in [-0.3, -0.25) is 4.79 Å². The van der Waals surface area contributed by atoms with E-state index in [2.05, 4.69) is 24.3 Å². The second-order valence-electron chi connectivity index (χ2n) is 5.16. The highest BCUT2D eigenvalue weighted by Gasteiger charge is 2.17. The van der Waals surface area contributed by atoms with Gasteiger partial charge in [-0.05, 0) is 25.0 Å². The first kappa shape index (κ1) is 16.4. The second-order valence-corrected chi connectivity index (χ2v) is 5.16. The van der Waals surface area contributed by atoms with Gasteiger partial charge >= 0.3 is 0 Å². The highest BCUT2D eigenvalue weighted by atomic mass is 16.5. The molecular formula is C14H24N4O2. The van der Waals surface area contributed by atoms with Crippen LogP contribution in [0.5, 0.6) is 0 Å². The molecule has 0 bridgehead atoms. The number of hydrogen-bond donors (Lipinski definition) is 2. The van der Waals surface area contributed by atoms with Gasteiger partial charge in [-0.15, -0.1) is 0 Å². The topological polar surface area (TPSA) is 80.5 Å². The average Bonchev–Trinajstić information content (AvgIpc) is 2.41. The Morgan fingerprint density at radius 1 is 1.50 bits per heavy atom. The number of nitrogens with one attached hydrogen (secondary N) is 1. The van der Waals surface area contributed by atoms with Crippen LogP contribution in [0.1, 0.15) is 29.9 Å². The molecule has 1 aromatic heterocycles. The van der Waals surface area contributed by atoms with Gasteiger partial charge in [0.1, 0.15) is 5.82 Å². The Balaban J connectivity index is 2.95. The molecule has 112 valence electrons. The highest BCUT2D eigenvalue weighted by molar-refractivity contribution is 5.95. The third kappa shape index (κ3) is 4.79. The van der Waals surface area contributed by atoms with E-state index in [9.17, 15) is 4.79 Å². The first-order valence-electron chi connectivity index (χ1n) is 6.71. The zero-order chi connectivity index (χ0) is 15.1. The summed E-state index contributed by atoms with van der Waals surface area (Å²) in [6, 6.07) is 3.43. The van der Waals surface area contributed by atoms with Crippen LogP contribution < -0.4 is 11.3 Å². The van der Waals surface area contributed by atoms with E-state index >= 15 is 0 Å². The number of hydrogen-bond acceptors (Lipinski definition) is 5. The molecule has 0 saturated heterocycles. The van der Waals surface area contributed by atoms with E-state index in [1.807, 2.05) is 6.92 Å². The maximum atomic E-state index is 12.6. The summed E-state index contributed by atoms with van der Waals surface area (Å²) in [6.45, 7) is 7.77. The fraction of sp³-hybridized carbons (Fsp3) is 0.571. The minimum atomic E-state index is -0.0299. The lowest BCUT2D eigenvalue weighted by atomic mass is 10.1. The van der Waals surface area contributed by atoms with E-state index in [0.29, 0.717) is 37.0 Å². The Labute approximate surface area is 120 Å². The zero-order valence-electron chi connectivity index (χ0n) is 12.6. The van der Waals surface area contributed by atoms with Crippen molar-refractivity contribution in [3.63, 3.8) is 0 Å². The van der Waals surface area contributed by atoms with Gasteiger partial charge in [-0.1, -0.05) is 13.8 Å². The minimum Gasteiger partial charge on any atom is -0.383 e. The van der Waals surface area contributed by atoms with E-state index in [-0.39, 0.29) is 5.91 Å². The Morgan fingerprint density at radius 2 is 2.20 bits per heavy atom. The molecule has 0 fully saturated rings. The number of amides is 1. The number of aryl methyl sites for hydroxylation is 1. The van der Waals surface area contributed by atoms with E-state index < -0.39 is 0 Å². The van der Waals surface area contributed by atoms with E-state index in [4.69, 9.17) is 10.6 Å². The first-order valence-corrected chi connectivity index (χ1v) is 6.71. The molecule has 0 unspecified atom stereocenters. The number of nitrogens with two attached hydrogens (primary N) is 1. The highest BCUT2D eigenvalue weighted by Crippen LogP contribution is 2.13. The Hall–Kier alpha value is -1.66. The Kier molecular flexibility index (Phi) is 6.41. The fourth-order valence-electron chi connectivity index (χ4n) is 1.97. The predicted molar refractivity (Wildman–Crippen MR) is 79.4 cm³/mol. The quantitative estimate of drug-likeness (QED) is 0.583. The third-order valence-corrected chi connectivity index (χ3v) is 2.79. The normalized spacial score (nSPS) is 10.7. The molecule has 0 aliphatic carbocycles. The molecule has 0 radical (unpaired) electrons. The van der Waals surface area contributed by atoms with Crippen molar-refractivity contribution >= 4 is 11.7 Å². The molecule has 1 rings (SSSR count). The molecular weight excluding hydrogens is 256 g/mol. The van der Waals surface area contributed by atoms with Crippen LogP contribution in [0.15, 0.2) is 12.1 Å². The Morgan fingerprint density at radius 3 is 2.75 bits per heavy atom. The van der Waals surface area contributed by atoms with Gasteiger partial charge in [0.2, 0.25) is 0 Å². The van der Waals surface area contributed by atoms with Crippen molar-refractivity contribution in [3.05, 3.63) is 23.4 Å². The van der Waals surface area contributed by atoms with Crippen molar-refractivity contribution in [1.82, 2.24) is 9.88 Å². The summed E-state index contributed by atoms with van der Waals surface area (Å²) in [5.41, 5.74) is 3.81. The lowest BCUT2D eigenvalue weighted by molar-refractivity contribution is 0.0672. The molecule has 1 heterocycles. The van der Waals surface area contributed by atoms with Gasteiger partial charge in [0, 0.05) is 31.5 Å². The third-order valence-electron chi connectivity index (χ3n) is 2.79. The lowest BCUT2D eigenvalue weighted by Crippen LogP contribution is -2.36. The predicted octanol–water partition coefficient (Wildman–Crippen LogP) is 1.42. The van der Waals surface area contributed by atoms with Crippen molar-refractivity contribution in [2.24, 2.45) is 11.8 Å². The summed E-state index contributed by atoms with van der Waals surface area (Å²) in [5, 5.41) is 0. The molecule has 6 nitrogen and oxygen atoms in total. The number of carbonyl (C=O) groups excluding carboxylic acids is 1. The number of anilines is 1. The van der Waals surface area contributed by atoms with Gasteiger partial charge in [0.05, 0.1) is 6.61 Å². The van der Waals surface area contributed by atoms with Crippen LogP contribution in [-0.4, -0.2) is 42.6 Å².